The second-order valence-corrected chi connectivity index (χ2v) is 3.94. The van der Waals surface area contributed by atoms with Gasteiger partial charge >= 0.3 is 6.09 Å². The predicted molar refractivity (Wildman–Crippen MR) is 46.2 cm³/mol. The van der Waals surface area contributed by atoms with Gasteiger partial charge in [-0.3, -0.25) is 4.79 Å². The number of alkyl carbamates (subject to hydrolysis) is 1. The van der Waals surface area contributed by atoms with Gasteiger partial charge in [-0.2, -0.15) is 0 Å². The van der Waals surface area contributed by atoms with Gasteiger partial charge in [0.1, 0.15) is 11.6 Å². The molecule has 74 valence electrons. The Bertz CT molecular complexity index is 232. The van der Waals surface area contributed by atoms with Gasteiger partial charge in [-0.1, -0.05) is 0 Å². The highest BCUT2D eigenvalue weighted by molar-refractivity contribution is 5.90. The van der Waals surface area contributed by atoms with Crippen molar-refractivity contribution in [3.8, 4) is 0 Å². The summed E-state index contributed by atoms with van der Waals surface area (Å²) in [7, 11) is 0. The van der Waals surface area contributed by atoms with E-state index in [1.54, 1.807) is 20.8 Å². The first-order valence-corrected chi connectivity index (χ1v) is 4.16. The molecule has 0 unspecified atom stereocenters. The average Bonchev–Trinajstić information content (AvgIpc) is 1.94. The lowest BCUT2D eigenvalue weighted by molar-refractivity contribution is -0.128. The van der Waals surface area contributed by atoms with Gasteiger partial charge in [0.25, 0.3) is 0 Å². The first kappa shape index (κ1) is 9.83. The van der Waals surface area contributed by atoms with Crippen LogP contribution in [0.3, 0.4) is 0 Å². The molecule has 5 nitrogen and oxygen atoms in total. The molecule has 5 heteroatoms. The Balaban J connectivity index is 2.29. The number of ether oxygens (including phenoxy) is 1. The lowest BCUT2D eigenvalue weighted by Gasteiger charge is -2.28. The van der Waals surface area contributed by atoms with E-state index in [-0.39, 0.29) is 5.91 Å². The Hall–Kier alpha value is -1.26. The quantitative estimate of drug-likeness (QED) is 0.567. The fourth-order valence-electron chi connectivity index (χ4n) is 0.854. The van der Waals surface area contributed by atoms with Crippen LogP contribution < -0.4 is 10.6 Å². The van der Waals surface area contributed by atoms with Gasteiger partial charge in [0.05, 0.1) is 0 Å². The molecule has 1 fully saturated rings. The minimum absolute atomic E-state index is 0.161. The van der Waals surface area contributed by atoms with Gasteiger partial charge in [-0.15, -0.1) is 0 Å². The summed E-state index contributed by atoms with van der Waals surface area (Å²) in [5.74, 6) is -0.161. The van der Waals surface area contributed by atoms with E-state index in [9.17, 15) is 9.59 Å². The third-order valence-electron chi connectivity index (χ3n) is 1.49. The van der Waals surface area contributed by atoms with E-state index in [1.165, 1.54) is 0 Å². The van der Waals surface area contributed by atoms with Gasteiger partial charge in [0, 0.05) is 6.54 Å². The smallest absolute Gasteiger partial charge is 0.408 e. The van der Waals surface area contributed by atoms with Crippen LogP contribution in [0.25, 0.3) is 0 Å². The molecule has 2 amide bonds. The molecule has 1 rings (SSSR count). The van der Waals surface area contributed by atoms with Gasteiger partial charge in [0.15, 0.2) is 0 Å². The van der Waals surface area contributed by atoms with Crippen molar-refractivity contribution in [2.24, 2.45) is 0 Å². The van der Waals surface area contributed by atoms with Crippen LogP contribution in [0.4, 0.5) is 4.79 Å². The molecule has 1 heterocycles. The summed E-state index contributed by atoms with van der Waals surface area (Å²) in [5, 5.41) is 4.97. The maximum atomic E-state index is 11.1. The van der Waals surface area contributed by atoms with Crippen molar-refractivity contribution in [3.05, 3.63) is 0 Å². The second kappa shape index (κ2) is 3.24. The zero-order valence-corrected chi connectivity index (χ0v) is 8.01. The molecule has 2 N–H and O–H groups in total. The highest BCUT2D eigenvalue weighted by Gasteiger charge is 2.30. The molecule has 0 aliphatic carbocycles. The molecule has 1 aliphatic heterocycles. The summed E-state index contributed by atoms with van der Waals surface area (Å²) >= 11 is 0. The fraction of sp³-hybridized carbons (Fsp3) is 0.750. The lowest BCUT2D eigenvalue weighted by atomic mass is 10.1. The topological polar surface area (TPSA) is 67.4 Å². The van der Waals surface area contributed by atoms with E-state index in [1.807, 2.05) is 0 Å². The van der Waals surface area contributed by atoms with Crippen LogP contribution in [-0.4, -0.2) is 30.2 Å². The van der Waals surface area contributed by atoms with Crippen LogP contribution >= 0.6 is 0 Å². The van der Waals surface area contributed by atoms with E-state index >= 15 is 0 Å². The molecule has 1 saturated heterocycles. The minimum atomic E-state index is -0.549. The van der Waals surface area contributed by atoms with E-state index < -0.39 is 17.7 Å². The summed E-state index contributed by atoms with van der Waals surface area (Å²) in [6, 6.07) is -0.421. The SMILES string of the molecule is CC(C)(C)OC(=O)N[C@H]1CNC1=O. The van der Waals surface area contributed by atoms with Gasteiger partial charge in [0.2, 0.25) is 5.91 Å². The number of carbonyl (C=O) groups is 2. The molecule has 0 saturated carbocycles. The summed E-state index contributed by atoms with van der Waals surface area (Å²) in [5.41, 5.74) is -0.524. The van der Waals surface area contributed by atoms with Crippen LogP contribution in [0.2, 0.25) is 0 Å². The Morgan fingerprint density at radius 1 is 1.62 bits per heavy atom. The Morgan fingerprint density at radius 2 is 2.23 bits per heavy atom. The molecule has 0 aromatic heterocycles. The number of rotatable bonds is 1. The molecule has 0 spiro atoms. The first-order chi connectivity index (χ1) is 5.88. The molecular weight excluding hydrogens is 172 g/mol. The van der Waals surface area contributed by atoms with E-state index in [0.29, 0.717) is 6.54 Å². The third kappa shape index (κ3) is 2.93. The Kier molecular flexibility index (Phi) is 2.45. The summed E-state index contributed by atoms with van der Waals surface area (Å²) in [6.07, 6.45) is -0.549. The van der Waals surface area contributed by atoms with Crippen molar-refractivity contribution in [2.45, 2.75) is 32.4 Å². The average molecular weight is 186 g/mol. The zero-order chi connectivity index (χ0) is 10.1. The molecule has 1 atom stereocenters. The third-order valence-corrected chi connectivity index (χ3v) is 1.49. The van der Waals surface area contributed by atoms with Crippen molar-refractivity contribution in [3.63, 3.8) is 0 Å². The van der Waals surface area contributed by atoms with Crippen molar-refractivity contribution in [2.75, 3.05) is 6.54 Å². The minimum Gasteiger partial charge on any atom is -0.444 e. The van der Waals surface area contributed by atoms with Crippen molar-refractivity contribution in [1.82, 2.24) is 10.6 Å². The molecule has 0 aromatic rings. The maximum absolute atomic E-state index is 11.1. The van der Waals surface area contributed by atoms with Gasteiger partial charge < -0.3 is 15.4 Å². The molecule has 0 radical (unpaired) electrons. The van der Waals surface area contributed by atoms with Crippen LogP contribution in [0.5, 0.6) is 0 Å². The van der Waals surface area contributed by atoms with Crippen LogP contribution in [0.15, 0.2) is 0 Å². The fourth-order valence-corrected chi connectivity index (χ4v) is 0.854. The summed E-state index contributed by atoms with van der Waals surface area (Å²) in [4.78, 5) is 21.8. The van der Waals surface area contributed by atoms with Crippen LogP contribution in [0, 0.1) is 0 Å². The highest BCUT2D eigenvalue weighted by atomic mass is 16.6. The molecular formula is C8H14N2O3. The van der Waals surface area contributed by atoms with Gasteiger partial charge in [-0.05, 0) is 20.8 Å². The zero-order valence-electron chi connectivity index (χ0n) is 8.01. The number of hydrogen-bond donors (Lipinski definition) is 2. The summed E-state index contributed by atoms with van der Waals surface area (Å²) < 4.78 is 4.96. The highest BCUT2D eigenvalue weighted by Crippen LogP contribution is 2.07. The van der Waals surface area contributed by atoms with Crippen molar-refractivity contribution >= 4 is 12.0 Å². The molecule has 1 aliphatic rings. The van der Waals surface area contributed by atoms with Crippen molar-refractivity contribution in [1.29, 1.82) is 0 Å². The van der Waals surface area contributed by atoms with E-state index in [4.69, 9.17) is 4.74 Å². The molecule has 0 bridgehead atoms. The van der Waals surface area contributed by atoms with E-state index in [0.717, 1.165) is 0 Å². The van der Waals surface area contributed by atoms with Crippen molar-refractivity contribution < 1.29 is 14.3 Å². The molecule has 13 heavy (non-hydrogen) atoms. The monoisotopic (exact) mass is 186 g/mol. The van der Waals surface area contributed by atoms with Crippen LogP contribution in [-0.2, 0) is 9.53 Å². The lowest BCUT2D eigenvalue weighted by Crippen LogP contribution is -2.62. The largest absolute Gasteiger partial charge is 0.444 e. The first-order valence-electron chi connectivity index (χ1n) is 4.16. The number of β-lactam (4-membered cyclic amide) rings is 1. The predicted octanol–water partition coefficient (Wildman–Crippen LogP) is 0.00950. The Morgan fingerprint density at radius 3 is 2.54 bits per heavy atom. The second-order valence-electron chi connectivity index (χ2n) is 3.94. The normalized spacial score (nSPS) is 21.5. The molecule has 0 aromatic carbocycles. The Labute approximate surface area is 76.8 Å². The number of hydrogen-bond acceptors (Lipinski definition) is 3. The number of nitrogens with one attached hydrogen (secondary N) is 2. The number of amides is 2. The van der Waals surface area contributed by atoms with E-state index in [2.05, 4.69) is 10.6 Å². The maximum Gasteiger partial charge on any atom is 0.408 e. The van der Waals surface area contributed by atoms with Crippen LogP contribution in [0.1, 0.15) is 20.8 Å². The standard InChI is InChI=1S/C8H14N2O3/c1-8(2,3)13-7(12)10-5-4-9-6(5)11/h5H,4H2,1-3H3,(H,9,11)(H,10,12)/t5-/m0/s1. The number of carbonyl (C=O) groups excluding carboxylic acids is 2. The van der Waals surface area contributed by atoms with Gasteiger partial charge in [-0.25, -0.2) is 4.79 Å². The summed E-state index contributed by atoms with van der Waals surface area (Å²) in [6.45, 7) is 5.80.